The number of benzene rings is 3. The lowest BCUT2D eigenvalue weighted by Crippen LogP contribution is -2.54. The van der Waals surface area contributed by atoms with Gasteiger partial charge in [0.1, 0.15) is 17.9 Å². The fourth-order valence-electron chi connectivity index (χ4n) is 3.17. The molecule has 1 aliphatic rings. The van der Waals surface area contributed by atoms with Crippen molar-refractivity contribution in [2.75, 3.05) is 4.90 Å². The summed E-state index contributed by atoms with van der Waals surface area (Å²) in [5.74, 6) is -1.00. The van der Waals surface area contributed by atoms with Crippen molar-refractivity contribution < 1.29 is 19.1 Å². The Bertz CT molecular complexity index is 1310. The second kappa shape index (κ2) is 9.79. The van der Waals surface area contributed by atoms with Gasteiger partial charge >= 0.3 is 6.03 Å². The largest absolute Gasteiger partial charge is 0.488 e. The van der Waals surface area contributed by atoms with E-state index < -0.39 is 17.8 Å². The quantitative estimate of drug-likeness (QED) is 0.315. The molecular weight excluding hydrogens is 531 g/mol. The molecule has 4 amide bonds. The molecule has 0 spiro atoms. The molecule has 1 N–H and O–H groups in total. The molecule has 3 aromatic rings. The molecule has 166 valence electrons. The highest BCUT2D eigenvalue weighted by Crippen LogP contribution is 2.31. The van der Waals surface area contributed by atoms with E-state index in [1.807, 2.05) is 18.2 Å². The highest BCUT2D eigenvalue weighted by molar-refractivity contribution is 9.10. The van der Waals surface area contributed by atoms with Crippen LogP contribution >= 0.6 is 39.1 Å². The third-order valence-electron chi connectivity index (χ3n) is 4.80. The van der Waals surface area contributed by atoms with Crippen LogP contribution in [0.15, 0.2) is 76.8 Å². The molecule has 0 atom stereocenters. The summed E-state index contributed by atoms with van der Waals surface area (Å²) >= 11 is 15.8. The summed E-state index contributed by atoms with van der Waals surface area (Å²) in [6, 6.07) is 18.0. The summed E-state index contributed by atoms with van der Waals surface area (Å²) in [5.41, 5.74) is 1.38. The molecule has 4 rings (SSSR count). The number of ether oxygens (including phenoxy) is 1. The number of carbonyl (C=O) groups excluding carboxylic acids is 3. The van der Waals surface area contributed by atoms with Crippen molar-refractivity contribution >= 4 is 68.7 Å². The topological polar surface area (TPSA) is 75.7 Å². The van der Waals surface area contributed by atoms with Crippen LogP contribution in [0.25, 0.3) is 6.08 Å². The van der Waals surface area contributed by atoms with Gasteiger partial charge in [-0.1, -0.05) is 59.6 Å². The minimum atomic E-state index is -0.861. The summed E-state index contributed by atoms with van der Waals surface area (Å²) in [7, 11) is 0. The van der Waals surface area contributed by atoms with Gasteiger partial charge in [0.15, 0.2) is 0 Å². The zero-order chi connectivity index (χ0) is 23.5. The van der Waals surface area contributed by atoms with Gasteiger partial charge in [0.2, 0.25) is 0 Å². The lowest BCUT2D eigenvalue weighted by Gasteiger charge is -2.27. The number of urea groups is 1. The maximum absolute atomic E-state index is 13.0. The number of halogens is 3. The Morgan fingerprint density at radius 3 is 2.33 bits per heavy atom. The zero-order valence-corrected chi connectivity index (χ0v) is 19.9. The molecule has 0 aromatic heterocycles. The Labute approximate surface area is 207 Å². The van der Waals surface area contributed by atoms with Gasteiger partial charge in [-0.3, -0.25) is 14.9 Å². The predicted molar refractivity (Wildman–Crippen MR) is 130 cm³/mol. The highest BCUT2D eigenvalue weighted by Gasteiger charge is 2.37. The van der Waals surface area contributed by atoms with Crippen molar-refractivity contribution in [3.05, 3.63) is 97.9 Å². The molecule has 1 saturated heterocycles. The van der Waals surface area contributed by atoms with Crippen LogP contribution in [0.1, 0.15) is 11.1 Å². The van der Waals surface area contributed by atoms with E-state index in [1.54, 1.807) is 42.5 Å². The molecule has 1 aliphatic heterocycles. The van der Waals surface area contributed by atoms with Crippen LogP contribution in [-0.4, -0.2) is 17.8 Å². The molecule has 0 aliphatic carbocycles. The third-order valence-corrected chi connectivity index (χ3v) is 6.11. The number of imide groups is 2. The minimum Gasteiger partial charge on any atom is -0.488 e. The van der Waals surface area contributed by atoms with E-state index in [0.717, 1.165) is 10.5 Å². The smallest absolute Gasteiger partial charge is 0.335 e. The first-order valence-corrected chi connectivity index (χ1v) is 11.2. The van der Waals surface area contributed by atoms with Crippen molar-refractivity contribution in [3.63, 3.8) is 0 Å². The molecule has 0 radical (unpaired) electrons. The van der Waals surface area contributed by atoms with Crippen molar-refractivity contribution in [3.8, 4) is 5.75 Å². The van der Waals surface area contributed by atoms with Crippen LogP contribution < -0.4 is 15.0 Å². The van der Waals surface area contributed by atoms with Gasteiger partial charge in [-0.25, -0.2) is 9.69 Å². The van der Waals surface area contributed by atoms with Crippen molar-refractivity contribution in [2.24, 2.45) is 0 Å². The van der Waals surface area contributed by atoms with Crippen molar-refractivity contribution in [1.29, 1.82) is 0 Å². The molecule has 3 aromatic carbocycles. The molecule has 0 bridgehead atoms. The Hall–Kier alpha value is -3.13. The average molecular weight is 546 g/mol. The number of hydrogen-bond acceptors (Lipinski definition) is 4. The standard InChI is InChI=1S/C24H15BrCl2N2O4/c25-17-12-14(9-10-21(17)33-13-15-5-1-2-6-18(15)26)11-16-22(30)28-24(32)29(23(16)31)20-8-4-3-7-19(20)27/h1-12H,13H2,(H,28,30,32)/b16-11+. The Kier molecular flexibility index (Phi) is 6.83. The summed E-state index contributed by atoms with van der Waals surface area (Å²) in [5, 5.41) is 2.99. The van der Waals surface area contributed by atoms with Gasteiger partial charge in [0.25, 0.3) is 11.8 Å². The molecule has 1 heterocycles. The Balaban J connectivity index is 1.58. The van der Waals surface area contributed by atoms with Crippen LogP contribution in [0, 0.1) is 0 Å². The molecule has 0 unspecified atom stereocenters. The predicted octanol–water partition coefficient (Wildman–Crippen LogP) is 6.00. The lowest BCUT2D eigenvalue weighted by molar-refractivity contribution is -0.122. The summed E-state index contributed by atoms with van der Waals surface area (Å²) in [6.45, 7) is 0.272. The van der Waals surface area contributed by atoms with E-state index in [9.17, 15) is 14.4 Å². The van der Waals surface area contributed by atoms with Gasteiger partial charge in [0, 0.05) is 10.6 Å². The second-order valence-corrected chi connectivity index (χ2v) is 8.65. The maximum atomic E-state index is 13.0. The van der Waals surface area contributed by atoms with Crippen LogP contribution in [0.5, 0.6) is 5.75 Å². The highest BCUT2D eigenvalue weighted by atomic mass is 79.9. The van der Waals surface area contributed by atoms with Gasteiger partial charge < -0.3 is 4.74 Å². The third kappa shape index (κ3) is 4.95. The number of nitrogens with one attached hydrogen (secondary N) is 1. The van der Waals surface area contributed by atoms with E-state index in [4.69, 9.17) is 27.9 Å². The number of amides is 4. The zero-order valence-electron chi connectivity index (χ0n) is 16.8. The molecule has 6 nitrogen and oxygen atoms in total. The van der Waals surface area contributed by atoms with Gasteiger partial charge in [-0.15, -0.1) is 0 Å². The van der Waals surface area contributed by atoms with Gasteiger partial charge in [-0.05, 0) is 57.9 Å². The van der Waals surface area contributed by atoms with Crippen LogP contribution in [-0.2, 0) is 16.2 Å². The molecular formula is C24H15BrCl2N2O4. The first kappa shape index (κ1) is 23.0. The van der Waals surface area contributed by atoms with Crippen LogP contribution in [0.3, 0.4) is 0 Å². The van der Waals surface area contributed by atoms with E-state index in [0.29, 0.717) is 20.8 Å². The van der Waals surface area contributed by atoms with Gasteiger partial charge in [-0.2, -0.15) is 0 Å². The minimum absolute atomic E-state index is 0.185. The van der Waals surface area contributed by atoms with E-state index >= 15 is 0 Å². The molecule has 33 heavy (non-hydrogen) atoms. The molecule has 1 fully saturated rings. The molecule has 0 saturated carbocycles. The van der Waals surface area contributed by atoms with E-state index in [2.05, 4.69) is 21.2 Å². The Morgan fingerprint density at radius 2 is 1.64 bits per heavy atom. The summed E-state index contributed by atoms with van der Waals surface area (Å²) in [4.78, 5) is 38.6. The van der Waals surface area contributed by atoms with Crippen molar-refractivity contribution in [2.45, 2.75) is 6.61 Å². The average Bonchev–Trinajstić information content (AvgIpc) is 2.78. The lowest BCUT2D eigenvalue weighted by atomic mass is 10.1. The summed E-state index contributed by atoms with van der Waals surface area (Å²) < 4.78 is 6.44. The number of carbonyl (C=O) groups is 3. The van der Waals surface area contributed by atoms with Crippen LogP contribution in [0.2, 0.25) is 10.0 Å². The maximum Gasteiger partial charge on any atom is 0.335 e. The number of barbiturate groups is 1. The first-order chi connectivity index (χ1) is 15.8. The van der Waals surface area contributed by atoms with Gasteiger partial charge in [0.05, 0.1) is 15.2 Å². The van der Waals surface area contributed by atoms with Crippen molar-refractivity contribution in [1.82, 2.24) is 5.32 Å². The SMILES string of the molecule is O=C1NC(=O)N(c2ccccc2Cl)C(=O)/C1=C/c1ccc(OCc2ccccc2Cl)c(Br)c1. The summed E-state index contributed by atoms with van der Waals surface area (Å²) in [6.07, 6.45) is 1.40. The van der Waals surface area contributed by atoms with E-state index in [1.165, 1.54) is 12.1 Å². The second-order valence-electron chi connectivity index (χ2n) is 6.98. The number of rotatable bonds is 5. The fourth-order valence-corrected chi connectivity index (χ4v) is 4.09. The molecule has 9 heteroatoms. The fraction of sp³-hybridized carbons (Fsp3) is 0.0417. The van der Waals surface area contributed by atoms with E-state index in [-0.39, 0.29) is 22.9 Å². The van der Waals surface area contributed by atoms with Crippen LogP contribution in [0.4, 0.5) is 10.5 Å². The first-order valence-electron chi connectivity index (χ1n) is 9.67. The number of nitrogens with zero attached hydrogens (tertiary/aromatic N) is 1. The monoisotopic (exact) mass is 544 g/mol. The normalized spacial score (nSPS) is 15.1. The number of anilines is 1. The number of para-hydroxylation sites is 1. The Morgan fingerprint density at radius 1 is 0.939 bits per heavy atom. The number of hydrogen-bond donors (Lipinski definition) is 1.